The first-order chi connectivity index (χ1) is 41.5. The third-order valence-electron chi connectivity index (χ3n) is 14.8. The molecule has 0 aliphatic carbocycles. The lowest BCUT2D eigenvalue weighted by atomic mass is 9.96. The molecule has 1 heterocycles. The maximum Gasteiger partial charge on any atom is 0.346 e. The van der Waals surface area contributed by atoms with Crippen LogP contribution in [0, 0.1) is 79.4 Å². The molecule has 0 radical (unpaired) electrons. The van der Waals surface area contributed by atoms with Gasteiger partial charge in [-0.15, -0.1) is 0 Å². The van der Waals surface area contributed by atoms with E-state index >= 15 is 0 Å². The van der Waals surface area contributed by atoms with Crippen LogP contribution in [0.1, 0.15) is 149 Å². The Labute approximate surface area is 535 Å². The third kappa shape index (κ3) is 24.5. The zero-order valence-corrected chi connectivity index (χ0v) is 54.6. The summed E-state index contributed by atoms with van der Waals surface area (Å²) in [5.41, 5.74) is 24.8. The molecule has 462 valence electrons. The predicted molar refractivity (Wildman–Crippen MR) is 368 cm³/mol. The van der Waals surface area contributed by atoms with E-state index in [1.54, 1.807) is 24.3 Å². The molecule has 10 heteroatoms. The van der Waals surface area contributed by atoms with Crippen LogP contribution in [0.25, 0.3) is 0 Å². The van der Waals surface area contributed by atoms with Gasteiger partial charge in [0.1, 0.15) is 11.5 Å². The smallest absolute Gasteiger partial charge is 0.346 e. The molecule has 0 N–H and O–H groups in total. The molecular weight excluding hydrogens is 1130 g/mol. The molecule has 8 nitrogen and oxygen atoms in total. The second-order valence-electron chi connectivity index (χ2n) is 22.1. The highest BCUT2D eigenvalue weighted by Gasteiger charge is 2.28. The molecule has 1 aliphatic heterocycles. The minimum absolute atomic E-state index is 0. The first-order valence-electron chi connectivity index (χ1n) is 29.6. The highest BCUT2D eigenvalue weighted by Crippen LogP contribution is 2.24. The van der Waals surface area contributed by atoms with Crippen LogP contribution in [0.2, 0.25) is 10.0 Å². The topological polar surface area (TPSA) is 105 Å². The van der Waals surface area contributed by atoms with E-state index in [4.69, 9.17) is 42.8 Å². The van der Waals surface area contributed by atoms with E-state index in [0.717, 1.165) is 78.2 Å². The first-order valence-corrected chi connectivity index (χ1v) is 30.4. The Morgan fingerprint density at radius 2 is 0.705 bits per heavy atom. The van der Waals surface area contributed by atoms with Crippen molar-refractivity contribution in [3.8, 4) is 11.5 Å². The highest BCUT2D eigenvalue weighted by atomic mass is 35.5. The van der Waals surface area contributed by atoms with Crippen LogP contribution >= 0.6 is 23.2 Å². The fourth-order valence-corrected chi connectivity index (χ4v) is 9.61. The Hall–Kier alpha value is -8.30. The van der Waals surface area contributed by atoms with Gasteiger partial charge >= 0.3 is 11.9 Å². The van der Waals surface area contributed by atoms with Gasteiger partial charge in [-0.25, -0.2) is 9.59 Å². The van der Waals surface area contributed by atoms with Crippen molar-refractivity contribution in [1.82, 2.24) is 0 Å². The highest BCUT2D eigenvalue weighted by molar-refractivity contribution is 6.31. The summed E-state index contributed by atoms with van der Waals surface area (Å²) in [6, 6.07) is 62.3. The number of fused-ring (bicyclic) bond motifs is 1. The molecule has 10 rings (SSSR count). The quantitative estimate of drug-likeness (QED) is 0.0351. The summed E-state index contributed by atoms with van der Waals surface area (Å²) in [6.45, 7) is 27.0. The van der Waals surface area contributed by atoms with Crippen molar-refractivity contribution >= 4 is 35.1 Å². The van der Waals surface area contributed by atoms with E-state index in [1.165, 1.54) is 89.0 Å². The van der Waals surface area contributed by atoms with Crippen molar-refractivity contribution in [2.75, 3.05) is 20.3 Å². The van der Waals surface area contributed by atoms with Crippen LogP contribution < -0.4 is 9.47 Å². The molecule has 0 bridgehead atoms. The average molecular weight is 1220 g/mol. The summed E-state index contributed by atoms with van der Waals surface area (Å²) in [5.74, 6) is 0.734. The van der Waals surface area contributed by atoms with E-state index in [-0.39, 0.29) is 7.43 Å². The van der Waals surface area contributed by atoms with Crippen LogP contribution in [-0.2, 0) is 36.8 Å². The minimum atomic E-state index is -0.550. The summed E-state index contributed by atoms with van der Waals surface area (Å²) in [4.78, 5) is 30.0. The molecule has 0 amide bonds. The summed E-state index contributed by atoms with van der Waals surface area (Å²) >= 11 is 12.2. The molecular formula is C78H89Cl2NO7. The molecule has 0 saturated heterocycles. The average Bonchev–Trinajstić information content (AvgIpc) is 2.82. The number of halogens is 2. The van der Waals surface area contributed by atoms with E-state index in [9.17, 15) is 9.59 Å². The standard InChI is InChI=1S/C19H24.C17H20O2.C17H20.C15H14Cl2.C8H4O3.CH3NO2.CH4/c1-5-18-12-16(9-7-14(18)3)11-17-10-8-15(4)19(6-2)13-17;1-14-4-8-16(9-5-14)18-12-3-13-19-17-10-6-15(2)7-11-17;1-12-5-7-16(9-14(12)3)11-17-8-6-13(2)15(4)10-17;1-10-3-5-12(8-14(10)16)7-13-6-4-11(2)15(17)9-13;9-7-5-3-1-2-4-6(5)8(10)11-7;1-2(3)4;/h7-10,12-13H,5-6,11H2,1-4H3;4-11H,3,12-13H2,1-2H3;5-10H,11H2,1-4H3;3-6,8-9H,7H2,1-2H3;1-4H;1H3;1H4. The SMILES string of the molecule is C.CCc1cc(Cc2ccc(C)c(CC)c2)ccc1C.C[N+](=O)[O-].Cc1ccc(Cc2ccc(C)c(C)c2)cc1C.Cc1ccc(Cc2ccc(C)c(Cl)c2)cc1Cl.Cc1ccc(OCCCOc2ccc(C)cc2)cc1.O=C1OC(=O)c2ccccc21. The van der Waals surface area contributed by atoms with Gasteiger partial charge in [0.2, 0.25) is 0 Å². The Morgan fingerprint density at radius 1 is 0.409 bits per heavy atom. The van der Waals surface area contributed by atoms with Crippen molar-refractivity contribution in [3.63, 3.8) is 0 Å². The number of carbonyl (C=O) groups is 2. The lowest BCUT2D eigenvalue weighted by Gasteiger charge is -2.10. The Kier molecular flexibility index (Phi) is 30.1. The van der Waals surface area contributed by atoms with E-state index < -0.39 is 16.9 Å². The number of hydrogen-bond acceptors (Lipinski definition) is 7. The minimum Gasteiger partial charge on any atom is -0.493 e. The van der Waals surface area contributed by atoms with Crippen LogP contribution in [0.4, 0.5) is 0 Å². The zero-order chi connectivity index (χ0) is 63.6. The molecule has 0 atom stereocenters. The number of rotatable bonds is 14. The number of nitro groups is 1. The van der Waals surface area contributed by atoms with Gasteiger partial charge in [0.15, 0.2) is 7.05 Å². The van der Waals surface area contributed by atoms with Gasteiger partial charge < -0.3 is 14.2 Å². The molecule has 0 saturated carbocycles. The number of ether oxygens (including phenoxy) is 3. The third-order valence-corrected chi connectivity index (χ3v) is 15.7. The maximum absolute atomic E-state index is 10.8. The maximum atomic E-state index is 10.8. The monoisotopic (exact) mass is 1220 g/mol. The summed E-state index contributed by atoms with van der Waals surface area (Å²) in [6.07, 6.45) is 6.05. The number of nitrogens with zero attached hydrogens (tertiary/aromatic N) is 1. The fraction of sp³-hybridized carbons (Fsp3) is 0.282. The molecule has 88 heavy (non-hydrogen) atoms. The zero-order valence-electron chi connectivity index (χ0n) is 53.0. The van der Waals surface area contributed by atoms with Crippen molar-refractivity contribution in [2.24, 2.45) is 0 Å². The number of hydrogen-bond donors (Lipinski definition) is 0. The number of cyclic esters (lactones) is 2. The lowest BCUT2D eigenvalue weighted by molar-refractivity contribution is -0.445. The van der Waals surface area contributed by atoms with Crippen molar-refractivity contribution in [2.45, 2.75) is 129 Å². The summed E-state index contributed by atoms with van der Waals surface area (Å²) in [5, 5.41) is 10.4. The van der Waals surface area contributed by atoms with Crippen molar-refractivity contribution < 1.29 is 28.7 Å². The molecule has 0 unspecified atom stereocenters. The van der Waals surface area contributed by atoms with Gasteiger partial charge in [-0.2, -0.15) is 0 Å². The molecule has 1 aliphatic rings. The predicted octanol–water partition coefficient (Wildman–Crippen LogP) is 20.4. The number of esters is 2. The van der Waals surface area contributed by atoms with Gasteiger partial charge in [0.05, 0.1) is 24.3 Å². The van der Waals surface area contributed by atoms with Crippen LogP contribution in [0.5, 0.6) is 11.5 Å². The van der Waals surface area contributed by atoms with E-state index in [0.29, 0.717) is 24.3 Å². The molecule has 9 aromatic rings. The Bertz CT molecular complexity index is 3370. The van der Waals surface area contributed by atoms with E-state index in [2.05, 4.69) is 183 Å². The molecule has 0 spiro atoms. The van der Waals surface area contributed by atoms with Crippen LogP contribution in [-0.4, -0.2) is 37.1 Å². The number of carbonyl (C=O) groups excluding carboxylic acids is 2. The van der Waals surface area contributed by atoms with Gasteiger partial charge in [0, 0.05) is 21.4 Å². The van der Waals surface area contributed by atoms with Gasteiger partial charge in [-0.1, -0.05) is 189 Å². The Balaban J connectivity index is 0.000000233. The molecule has 9 aromatic carbocycles. The second-order valence-corrected chi connectivity index (χ2v) is 22.9. The normalized spacial score (nSPS) is 10.7. The van der Waals surface area contributed by atoms with E-state index in [1.807, 2.05) is 62.4 Å². The summed E-state index contributed by atoms with van der Waals surface area (Å²) in [7, 11) is 0.889. The fourth-order valence-electron chi connectivity index (χ4n) is 9.20. The van der Waals surface area contributed by atoms with Crippen molar-refractivity contribution in [1.29, 1.82) is 0 Å². The first kappa shape index (κ1) is 72.2. The van der Waals surface area contributed by atoms with Gasteiger partial charge in [-0.3, -0.25) is 10.1 Å². The van der Waals surface area contributed by atoms with Crippen LogP contribution in [0.3, 0.4) is 0 Å². The van der Waals surface area contributed by atoms with Crippen LogP contribution in [0.15, 0.2) is 182 Å². The number of benzene rings is 9. The van der Waals surface area contributed by atoms with Gasteiger partial charge in [0.25, 0.3) is 0 Å². The molecule has 0 fully saturated rings. The Morgan fingerprint density at radius 3 is 1.01 bits per heavy atom. The van der Waals surface area contributed by atoms with Crippen molar-refractivity contribution in [3.05, 3.63) is 313 Å². The lowest BCUT2D eigenvalue weighted by Crippen LogP contribution is -2.04. The largest absolute Gasteiger partial charge is 0.493 e. The second kappa shape index (κ2) is 36.8. The number of aryl methyl sites for hydroxylation is 12. The molecule has 0 aromatic heterocycles. The summed E-state index contributed by atoms with van der Waals surface area (Å²) < 4.78 is 15.6. The van der Waals surface area contributed by atoms with Gasteiger partial charge in [-0.05, 0) is 239 Å².